The van der Waals surface area contributed by atoms with Crippen molar-refractivity contribution >= 4 is 15.9 Å². The molecule has 0 radical (unpaired) electrons. The Balaban J connectivity index is 2.82. The van der Waals surface area contributed by atoms with Crippen LogP contribution in [0.15, 0.2) is 24.3 Å². The summed E-state index contributed by atoms with van der Waals surface area (Å²) in [6.07, 6.45) is 0.744. The zero-order chi connectivity index (χ0) is 21.1. The van der Waals surface area contributed by atoms with Gasteiger partial charge in [-0.15, -0.1) is 0 Å². The molecule has 0 spiro atoms. The molecular weight excluding hydrogens is 376 g/mol. The normalized spacial score (nSPS) is 11.6. The van der Waals surface area contributed by atoms with Gasteiger partial charge in [0.1, 0.15) is 0 Å². The number of carbonyl (C=O) groups is 1. The van der Waals surface area contributed by atoms with Crippen LogP contribution in [0, 0.1) is 19.8 Å². The van der Waals surface area contributed by atoms with Gasteiger partial charge >= 0.3 is 6.09 Å². The average Bonchev–Trinajstić information content (AvgIpc) is 2.55. The molecular formula is C21H28N2O4S. The number of benzene rings is 1. The monoisotopic (exact) mass is 404 g/mol. The van der Waals surface area contributed by atoms with E-state index in [-0.39, 0.29) is 12.3 Å². The number of hydrogen-bond donors (Lipinski definition) is 2. The lowest BCUT2D eigenvalue weighted by Crippen LogP contribution is -2.23. The minimum atomic E-state index is -3.30. The number of pyridine rings is 1. The lowest BCUT2D eigenvalue weighted by atomic mass is 9.90. The first-order valence-electron chi connectivity index (χ1n) is 9.20. The molecule has 0 saturated carbocycles. The zero-order valence-corrected chi connectivity index (χ0v) is 17.9. The molecule has 1 aromatic carbocycles. The highest BCUT2D eigenvalue weighted by Gasteiger charge is 2.22. The Morgan fingerprint density at radius 3 is 2.25 bits per heavy atom. The number of carboxylic acid groups (broad SMARTS) is 1. The fourth-order valence-electron chi connectivity index (χ4n) is 3.26. The second-order valence-corrected chi connectivity index (χ2v) is 9.81. The van der Waals surface area contributed by atoms with E-state index < -0.39 is 15.9 Å². The van der Waals surface area contributed by atoms with Crippen molar-refractivity contribution in [2.24, 2.45) is 5.92 Å². The molecule has 0 aliphatic heterocycles. The Hall–Kier alpha value is -2.41. The van der Waals surface area contributed by atoms with Crippen LogP contribution >= 0.6 is 0 Å². The van der Waals surface area contributed by atoms with Gasteiger partial charge in [0.2, 0.25) is 0 Å². The van der Waals surface area contributed by atoms with E-state index in [0.717, 1.165) is 27.9 Å². The molecule has 0 fully saturated rings. The summed E-state index contributed by atoms with van der Waals surface area (Å²) in [6.45, 7) is 8.01. The quantitative estimate of drug-likeness (QED) is 0.730. The number of aromatic nitrogens is 1. The van der Waals surface area contributed by atoms with Gasteiger partial charge in [-0.3, -0.25) is 4.98 Å². The van der Waals surface area contributed by atoms with E-state index in [9.17, 15) is 13.2 Å². The molecule has 0 unspecified atom stereocenters. The Bertz CT molecular complexity index is 965. The Morgan fingerprint density at radius 1 is 1.14 bits per heavy atom. The number of sulfone groups is 1. The molecule has 2 rings (SSSR count). The van der Waals surface area contributed by atoms with Crippen molar-refractivity contribution in [2.45, 2.75) is 46.4 Å². The summed E-state index contributed by atoms with van der Waals surface area (Å²) in [7, 11) is -3.30. The molecule has 152 valence electrons. The van der Waals surface area contributed by atoms with Crippen LogP contribution in [0.4, 0.5) is 4.79 Å². The van der Waals surface area contributed by atoms with Gasteiger partial charge < -0.3 is 10.4 Å². The second-order valence-electron chi connectivity index (χ2n) is 7.67. The molecule has 28 heavy (non-hydrogen) atoms. The Labute approximate surface area is 166 Å². The van der Waals surface area contributed by atoms with E-state index in [1.165, 1.54) is 6.26 Å². The van der Waals surface area contributed by atoms with Gasteiger partial charge in [-0.25, -0.2) is 13.2 Å². The van der Waals surface area contributed by atoms with Gasteiger partial charge in [0.05, 0.1) is 5.75 Å². The molecule has 1 aromatic heterocycles. The van der Waals surface area contributed by atoms with Crippen LogP contribution in [0.2, 0.25) is 0 Å². The maximum absolute atomic E-state index is 12.1. The summed E-state index contributed by atoms with van der Waals surface area (Å²) in [5.41, 5.74) is 5.55. The highest BCUT2D eigenvalue weighted by Crippen LogP contribution is 2.33. The van der Waals surface area contributed by atoms with E-state index in [1.807, 2.05) is 38.1 Å². The van der Waals surface area contributed by atoms with E-state index >= 15 is 0 Å². The van der Waals surface area contributed by atoms with Gasteiger partial charge in [-0.05, 0) is 42.9 Å². The highest BCUT2D eigenvalue weighted by molar-refractivity contribution is 7.89. The molecule has 0 aliphatic rings. The smallest absolute Gasteiger partial charge is 0.404 e. The minimum Gasteiger partial charge on any atom is -0.465 e. The molecule has 7 heteroatoms. The topological polar surface area (TPSA) is 96.4 Å². The van der Waals surface area contributed by atoms with E-state index in [1.54, 1.807) is 0 Å². The summed E-state index contributed by atoms with van der Waals surface area (Å²) in [5.74, 6) is 0.180. The predicted molar refractivity (Wildman–Crippen MR) is 111 cm³/mol. The third-order valence-corrected chi connectivity index (χ3v) is 5.27. The van der Waals surface area contributed by atoms with Crippen LogP contribution in [0.5, 0.6) is 0 Å². The van der Waals surface area contributed by atoms with Crippen molar-refractivity contribution in [1.82, 2.24) is 10.3 Å². The molecule has 1 heterocycles. The van der Waals surface area contributed by atoms with Gasteiger partial charge in [0, 0.05) is 29.8 Å². The summed E-state index contributed by atoms with van der Waals surface area (Å²) in [4.78, 5) is 15.8. The number of nitrogens with one attached hydrogen (secondary N) is 1. The zero-order valence-electron chi connectivity index (χ0n) is 17.0. The highest BCUT2D eigenvalue weighted by atomic mass is 32.2. The summed E-state index contributed by atoms with van der Waals surface area (Å²) in [6, 6.07) is 7.82. The number of hydrogen-bond acceptors (Lipinski definition) is 4. The average molecular weight is 405 g/mol. The molecule has 2 N–H and O–H groups in total. The summed E-state index contributed by atoms with van der Waals surface area (Å²) < 4.78 is 24.2. The molecule has 2 aromatic rings. The third-order valence-electron chi connectivity index (χ3n) is 4.46. The van der Waals surface area contributed by atoms with Crippen molar-refractivity contribution in [1.29, 1.82) is 0 Å². The van der Waals surface area contributed by atoms with E-state index in [4.69, 9.17) is 5.11 Å². The molecule has 6 nitrogen and oxygen atoms in total. The molecule has 0 saturated heterocycles. The predicted octanol–water partition coefficient (Wildman–Crippen LogP) is 3.88. The van der Waals surface area contributed by atoms with Crippen molar-refractivity contribution < 1.29 is 18.3 Å². The molecule has 0 aliphatic carbocycles. The fourth-order valence-corrected chi connectivity index (χ4v) is 4.14. The van der Waals surface area contributed by atoms with Crippen LogP contribution in [0.1, 0.15) is 41.9 Å². The SMILES string of the molecule is Cc1ccc(-c2c(CS(C)(=O)=O)c(C)nc(CC(C)C)c2CNC(=O)O)cc1. The van der Waals surface area contributed by atoms with E-state index in [2.05, 4.69) is 24.1 Å². The second kappa shape index (κ2) is 8.73. The maximum Gasteiger partial charge on any atom is 0.404 e. The van der Waals surface area contributed by atoms with Crippen LogP contribution in [-0.2, 0) is 28.6 Å². The van der Waals surface area contributed by atoms with Crippen LogP contribution in [0.25, 0.3) is 11.1 Å². The summed E-state index contributed by atoms with van der Waals surface area (Å²) in [5, 5.41) is 11.6. The number of nitrogens with zero attached hydrogens (tertiary/aromatic N) is 1. The molecule has 0 atom stereocenters. The third kappa shape index (κ3) is 5.79. The largest absolute Gasteiger partial charge is 0.465 e. The lowest BCUT2D eigenvalue weighted by molar-refractivity contribution is 0.194. The van der Waals surface area contributed by atoms with E-state index in [0.29, 0.717) is 23.6 Å². The van der Waals surface area contributed by atoms with Gasteiger partial charge in [-0.2, -0.15) is 0 Å². The van der Waals surface area contributed by atoms with Crippen LogP contribution in [-0.4, -0.2) is 30.9 Å². The van der Waals surface area contributed by atoms with Crippen molar-refractivity contribution in [3.63, 3.8) is 0 Å². The Kier molecular flexibility index (Phi) is 6.82. The summed E-state index contributed by atoms with van der Waals surface area (Å²) >= 11 is 0. The molecule has 1 amide bonds. The van der Waals surface area contributed by atoms with Crippen LogP contribution < -0.4 is 5.32 Å². The maximum atomic E-state index is 12.1. The number of aryl methyl sites for hydroxylation is 2. The Morgan fingerprint density at radius 2 is 1.75 bits per heavy atom. The lowest BCUT2D eigenvalue weighted by Gasteiger charge is -2.21. The van der Waals surface area contributed by atoms with Gasteiger partial charge in [-0.1, -0.05) is 43.7 Å². The standard InChI is InChI=1S/C21H28N2O4S/c1-13(2)10-19-17(11-22-21(24)25)20(16-8-6-14(3)7-9-16)18(15(4)23-19)12-28(5,26)27/h6-9,13,22H,10-12H2,1-5H3,(H,24,25). The minimum absolute atomic E-state index is 0.0740. The number of rotatable bonds is 7. The van der Waals surface area contributed by atoms with Crippen molar-refractivity contribution in [2.75, 3.05) is 6.26 Å². The first-order chi connectivity index (χ1) is 13.0. The first-order valence-corrected chi connectivity index (χ1v) is 11.3. The molecule has 0 bridgehead atoms. The fraction of sp³-hybridized carbons (Fsp3) is 0.429. The number of amides is 1. The first kappa shape index (κ1) is 21.9. The van der Waals surface area contributed by atoms with Crippen molar-refractivity contribution in [3.05, 3.63) is 52.3 Å². The van der Waals surface area contributed by atoms with Gasteiger partial charge in [0.25, 0.3) is 0 Å². The van der Waals surface area contributed by atoms with Gasteiger partial charge in [0.15, 0.2) is 9.84 Å². The van der Waals surface area contributed by atoms with Crippen molar-refractivity contribution in [3.8, 4) is 11.1 Å². The van der Waals surface area contributed by atoms with Crippen LogP contribution in [0.3, 0.4) is 0 Å².